The number of nitrogens with one attached hydrogen (secondary N) is 1. The number of carbonyl (C=O) groups is 2. The zero-order valence-corrected chi connectivity index (χ0v) is 9.80. The monoisotopic (exact) mass is 241 g/mol. The van der Waals surface area contributed by atoms with E-state index < -0.39 is 0 Å². The minimum Gasteiger partial charge on any atom is -0.292 e. The maximum Gasteiger partial charge on any atom is 0.261 e. The fraction of sp³-hybridized carbons (Fsp3) is 0.154. The third kappa shape index (κ3) is 1.52. The van der Waals surface area contributed by atoms with Crippen LogP contribution in [-0.2, 0) is 11.2 Å². The molecule has 2 aromatic rings. The van der Waals surface area contributed by atoms with Gasteiger partial charge in [-0.05, 0) is 19.1 Å². The first-order chi connectivity index (χ1) is 8.66. The van der Waals surface area contributed by atoms with Gasteiger partial charge in [0.2, 0.25) is 5.91 Å². The zero-order chi connectivity index (χ0) is 12.7. The standard InChI is InChI=1S/C13H11N3O2/c1-8-12-10(7-11(17)14-13(12)18)15-16(8)9-5-3-2-4-6-9/h2-6H,7H2,1H3,(H,14,17,18). The number of para-hydroxylation sites is 1. The van der Waals surface area contributed by atoms with Crippen LogP contribution in [0.3, 0.4) is 0 Å². The van der Waals surface area contributed by atoms with Crippen molar-refractivity contribution in [2.45, 2.75) is 13.3 Å². The van der Waals surface area contributed by atoms with Crippen LogP contribution < -0.4 is 5.32 Å². The number of fused-ring (bicyclic) bond motifs is 1. The van der Waals surface area contributed by atoms with Crippen molar-refractivity contribution in [2.75, 3.05) is 0 Å². The van der Waals surface area contributed by atoms with E-state index >= 15 is 0 Å². The molecule has 0 fully saturated rings. The van der Waals surface area contributed by atoms with E-state index in [1.807, 2.05) is 37.3 Å². The SMILES string of the molecule is Cc1c2c(nn1-c1ccccc1)CC(=O)NC2=O. The predicted molar refractivity (Wildman–Crippen MR) is 64.5 cm³/mol. The smallest absolute Gasteiger partial charge is 0.261 e. The first-order valence-electron chi connectivity index (χ1n) is 5.65. The van der Waals surface area contributed by atoms with Gasteiger partial charge in [-0.1, -0.05) is 18.2 Å². The van der Waals surface area contributed by atoms with Crippen LogP contribution in [0.5, 0.6) is 0 Å². The van der Waals surface area contributed by atoms with Gasteiger partial charge < -0.3 is 0 Å². The Balaban J connectivity index is 2.18. The minimum absolute atomic E-state index is 0.155. The highest BCUT2D eigenvalue weighted by Crippen LogP contribution is 2.20. The molecule has 0 saturated carbocycles. The van der Waals surface area contributed by atoms with Crippen LogP contribution in [-0.4, -0.2) is 21.6 Å². The highest BCUT2D eigenvalue weighted by atomic mass is 16.2. The maximum absolute atomic E-state index is 11.8. The summed E-state index contributed by atoms with van der Waals surface area (Å²) in [5.41, 5.74) is 2.69. The number of hydrogen-bond acceptors (Lipinski definition) is 3. The number of rotatable bonds is 1. The average molecular weight is 241 g/mol. The Hall–Kier alpha value is -2.43. The van der Waals surface area contributed by atoms with Crippen molar-refractivity contribution < 1.29 is 9.59 Å². The van der Waals surface area contributed by atoms with Crippen molar-refractivity contribution in [2.24, 2.45) is 0 Å². The molecule has 1 aliphatic heterocycles. The second-order valence-electron chi connectivity index (χ2n) is 4.21. The summed E-state index contributed by atoms with van der Waals surface area (Å²) in [6, 6.07) is 9.54. The minimum atomic E-state index is -0.360. The molecule has 2 amide bonds. The molecule has 0 unspecified atom stereocenters. The fourth-order valence-corrected chi connectivity index (χ4v) is 2.19. The molecule has 0 radical (unpaired) electrons. The largest absolute Gasteiger partial charge is 0.292 e. The molecule has 3 rings (SSSR count). The first-order valence-corrected chi connectivity index (χ1v) is 5.65. The molecular formula is C13H11N3O2. The van der Waals surface area contributed by atoms with E-state index in [2.05, 4.69) is 10.4 Å². The van der Waals surface area contributed by atoms with Crippen molar-refractivity contribution in [3.05, 3.63) is 47.3 Å². The van der Waals surface area contributed by atoms with E-state index in [1.54, 1.807) is 4.68 Å². The highest BCUT2D eigenvalue weighted by Gasteiger charge is 2.28. The summed E-state index contributed by atoms with van der Waals surface area (Å²) in [7, 11) is 0. The van der Waals surface area contributed by atoms with Crippen LogP contribution in [0.15, 0.2) is 30.3 Å². The van der Waals surface area contributed by atoms with E-state index in [9.17, 15) is 9.59 Å². The molecule has 0 saturated heterocycles. The summed E-state index contributed by atoms with van der Waals surface area (Å²) in [6.45, 7) is 1.83. The van der Waals surface area contributed by atoms with Gasteiger partial charge in [0, 0.05) is 0 Å². The topological polar surface area (TPSA) is 64.0 Å². The Morgan fingerprint density at radius 3 is 2.67 bits per heavy atom. The number of nitrogens with zero attached hydrogens (tertiary/aromatic N) is 2. The number of hydrogen-bond donors (Lipinski definition) is 1. The summed E-state index contributed by atoms with van der Waals surface area (Å²) in [6.07, 6.45) is 0.155. The lowest BCUT2D eigenvalue weighted by molar-refractivity contribution is -0.119. The molecule has 5 nitrogen and oxygen atoms in total. The third-order valence-electron chi connectivity index (χ3n) is 3.00. The van der Waals surface area contributed by atoms with E-state index in [4.69, 9.17) is 0 Å². The molecule has 90 valence electrons. The molecule has 0 bridgehead atoms. The summed E-state index contributed by atoms with van der Waals surface area (Å²) in [5.74, 6) is -0.661. The van der Waals surface area contributed by atoms with E-state index in [0.717, 1.165) is 11.4 Å². The van der Waals surface area contributed by atoms with E-state index in [0.29, 0.717) is 11.3 Å². The summed E-state index contributed by atoms with van der Waals surface area (Å²) >= 11 is 0. The van der Waals surface area contributed by atoms with Crippen molar-refractivity contribution in [1.29, 1.82) is 0 Å². The Morgan fingerprint density at radius 1 is 1.22 bits per heavy atom. The number of amides is 2. The van der Waals surface area contributed by atoms with Crippen LogP contribution in [0.4, 0.5) is 0 Å². The van der Waals surface area contributed by atoms with Gasteiger partial charge in [0.25, 0.3) is 5.91 Å². The fourth-order valence-electron chi connectivity index (χ4n) is 2.19. The number of carbonyl (C=O) groups excluding carboxylic acids is 2. The van der Waals surface area contributed by atoms with Gasteiger partial charge in [-0.3, -0.25) is 14.9 Å². The molecule has 0 atom stereocenters. The first kappa shape index (κ1) is 10.7. The number of aromatic nitrogens is 2. The second-order valence-corrected chi connectivity index (χ2v) is 4.21. The normalized spacial score (nSPS) is 14.3. The third-order valence-corrected chi connectivity index (χ3v) is 3.00. The van der Waals surface area contributed by atoms with Crippen molar-refractivity contribution in [3.63, 3.8) is 0 Å². The summed E-state index contributed by atoms with van der Waals surface area (Å²) < 4.78 is 1.70. The van der Waals surface area contributed by atoms with E-state index in [1.165, 1.54) is 0 Å². The van der Waals surface area contributed by atoms with Gasteiger partial charge in [0.15, 0.2) is 0 Å². The van der Waals surface area contributed by atoms with Crippen LogP contribution in [0.1, 0.15) is 21.7 Å². The molecule has 18 heavy (non-hydrogen) atoms. The van der Waals surface area contributed by atoms with Gasteiger partial charge in [-0.25, -0.2) is 4.68 Å². The van der Waals surface area contributed by atoms with Crippen LogP contribution in [0, 0.1) is 6.92 Å². The molecule has 1 N–H and O–H groups in total. The molecule has 2 heterocycles. The van der Waals surface area contributed by atoms with Gasteiger partial charge in [-0.15, -0.1) is 0 Å². The highest BCUT2D eigenvalue weighted by molar-refractivity contribution is 6.10. The second kappa shape index (κ2) is 3.80. The lowest BCUT2D eigenvalue weighted by Gasteiger charge is -2.09. The zero-order valence-electron chi connectivity index (χ0n) is 9.80. The van der Waals surface area contributed by atoms with Crippen molar-refractivity contribution in [3.8, 4) is 5.69 Å². The summed E-state index contributed by atoms with van der Waals surface area (Å²) in [5, 5.41) is 6.67. The Labute approximate surface area is 103 Å². The Kier molecular flexibility index (Phi) is 2.26. The Morgan fingerprint density at radius 2 is 1.94 bits per heavy atom. The van der Waals surface area contributed by atoms with Crippen LogP contribution >= 0.6 is 0 Å². The average Bonchev–Trinajstić information content (AvgIpc) is 2.67. The molecule has 0 aliphatic carbocycles. The molecule has 5 heteroatoms. The maximum atomic E-state index is 11.8. The predicted octanol–water partition coefficient (Wildman–Crippen LogP) is 0.993. The molecule has 1 aromatic heterocycles. The van der Waals surface area contributed by atoms with Crippen molar-refractivity contribution in [1.82, 2.24) is 15.1 Å². The quantitative estimate of drug-likeness (QED) is 0.757. The van der Waals surface area contributed by atoms with E-state index in [-0.39, 0.29) is 18.2 Å². The summed E-state index contributed by atoms with van der Waals surface area (Å²) in [4.78, 5) is 23.1. The van der Waals surface area contributed by atoms with Gasteiger partial charge in [-0.2, -0.15) is 5.10 Å². The molecule has 1 aromatic carbocycles. The van der Waals surface area contributed by atoms with Crippen LogP contribution in [0.25, 0.3) is 5.69 Å². The lowest BCUT2D eigenvalue weighted by atomic mass is 10.1. The molecular weight excluding hydrogens is 230 g/mol. The number of imide groups is 1. The van der Waals surface area contributed by atoms with Gasteiger partial charge >= 0.3 is 0 Å². The van der Waals surface area contributed by atoms with Gasteiger partial charge in [0.05, 0.1) is 29.1 Å². The number of benzene rings is 1. The molecule has 0 spiro atoms. The molecule has 1 aliphatic rings. The lowest BCUT2D eigenvalue weighted by Crippen LogP contribution is -2.37. The van der Waals surface area contributed by atoms with Crippen molar-refractivity contribution >= 4 is 11.8 Å². The van der Waals surface area contributed by atoms with Crippen LogP contribution in [0.2, 0.25) is 0 Å². The Bertz CT molecular complexity index is 644. The van der Waals surface area contributed by atoms with Gasteiger partial charge in [0.1, 0.15) is 0 Å².